The van der Waals surface area contributed by atoms with E-state index in [0.717, 1.165) is 18.4 Å². The molecule has 3 heterocycles. The maximum absolute atomic E-state index is 13.4. The van der Waals surface area contributed by atoms with Crippen LogP contribution in [0.1, 0.15) is 18.9 Å². The van der Waals surface area contributed by atoms with Crippen molar-refractivity contribution in [3.8, 4) is 22.8 Å². The van der Waals surface area contributed by atoms with Gasteiger partial charge in [0, 0.05) is 24.7 Å². The number of hydrogen-bond acceptors (Lipinski definition) is 6. The molecule has 1 saturated heterocycles. The summed E-state index contributed by atoms with van der Waals surface area (Å²) in [5.74, 6) is 0.854. The van der Waals surface area contributed by atoms with Crippen LogP contribution in [0.2, 0.25) is 0 Å². The molecule has 8 nitrogen and oxygen atoms in total. The van der Waals surface area contributed by atoms with E-state index in [1.54, 1.807) is 29.2 Å². The van der Waals surface area contributed by atoms with Gasteiger partial charge in [0.05, 0.1) is 11.4 Å². The van der Waals surface area contributed by atoms with Gasteiger partial charge in [0.15, 0.2) is 5.65 Å². The third-order valence-corrected chi connectivity index (χ3v) is 5.91. The van der Waals surface area contributed by atoms with Crippen LogP contribution in [0, 0.1) is 5.82 Å². The fraction of sp³-hybridized carbons (Fsp3) is 0.200. The number of anilines is 1. The third-order valence-electron chi connectivity index (χ3n) is 5.91. The van der Waals surface area contributed by atoms with E-state index >= 15 is 0 Å². The second kappa shape index (κ2) is 8.93. The lowest BCUT2D eigenvalue weighted by Gasteiger charge is -2.32. The Bertz CT molecular complexity index is 1370. The Morgan fingerprint density at radius 3 is 2.76 bits per heavy atom. The molecule has 2 aromatic heterocycles. The molecular formula is C25H23FN6O2. The molecular weight excluding hydrogens is 435 g/mol. The van der Waals surface area contributed by atoms with Gasteiger partial charge in [0.1, 0.15) is 35.2 Å². The van der Waals surface area contributed by atoms with E-state index in [2.05, 4.69) is 16.5 Å². The second-order valence-corrected chi connectivity index (χ2v) is 8.12. The highest BCUT2D eigenvalue weighted by Gasteiger charge is 2.28. The summed E-state index contributed by atoms with van der Waals surface area (Å²) in [6, 6.07) is 13.2. The van der Waals surface area contributed by atoms with Crippen molar-refractivity contribution in [1.82, 2.24) is 24.6 Å². The van der Waals surface area contributed by atoms with Crippen molar-refractivity contribution in [2.75, 3.05) is 18.8 Å². The first-order chi connectivity index (χ1) is 16.5. The summed E-state index contributed by atoms with van der Waals surface area (Å²) in [7, 11) is 0. The van der Waals surface area contributed by atoms with Gasteiger partial charge in [-0.25, -0.2) is 19.0 Å². The molecule has 172 valence electrons. The molecule has 1 atom stereocenters. The lowest BCUT2D eigenvalue weighted by Crippen LogP contribution is -2.40. The number of nitrogens with two attached hydrogens (primary N) is 1. The number of aromatic nitrogens is 4. The number of rotatable bonds is 5. The first-order valence-electron chi connectivity index (χ1n) is 11.0. The van der Waals surface area contributed by atoms with Gasteiger partial charge in [-0.05, 0) is 55.3 Å². The fourth-order valence-electron chi connectivity index (χ4n) is 4.28. The topological polar surface area (TPSA) is 99.2 Å². The average Bonchev–Trinajstić information content (AvgIpc) is 3.25. The molecule has 0 spiro atoms. The number of fused-ring (bicyclic) bond motifs is 1. The van der Waals surface area contributed by atoms with Gasteiger partial charge in [-0.2, -0.15) is 5.10 Å². The Balaban J connectivity index is 1.49. The molecule has 5 rings (SSSR count). The van der Waals surface area contributed by atoms with Crippen LogP contribution in [0.4, 0.5) is 10.2 Å². The summed E-state index contributed by atoms with van der Waals surface area (Å²) in [5, 5.41) is 5.53. The monoisotopic (exact) mass is 458 g/mol. The first-order valence-corrected chi connectivity index (χ1v) is 11.0. The van der Waals surface area contributed by atoms with Crippen molar-refractivity contribution in [2.45, 2.75) is 18.9 Å². The maximum Gasteiger partial charge on any atom is 0.246 e. The highest BCUT2D eigenvalue weighted by Crippen LogP contribution is 2.35. The SMILES string of the molecule is C=CC(=O)N1CCC[C@@H](n2nc(-c3ccc(Oc4cccc(F)c4)cc3)c3c(N)ncnc32)C1. The predicted molar refractivity (Wildman–Crippen MR) is 127 cm³/mol. The van der Waals surface area contributed by atoms with Gasteiger partial charge in [-0.15, -0.1) is 0 Å². The minimum absolute atomic E-state index is 0.0428. The van der Waals surface area contributed by atoms with Crippen LogP contribution >= 0.6 is 0 Å². The van der Waals surface area contributed by atoms with Crippen molar-refractivity contribution in [2.24, 2.45) is 0 Å². The van der Waals surface area contributed by atoms with Gasteiger partial charge in [-0.1, -0.05) is 12.6 Å². The molecule has 4 aromatic rings. The zero-order valence-corrected chi connectivity index (χ0v) is 18.4. The lowest BCUT2D eigenvalue weighted by molar-refractivity contribution is -0.127. The number of piperidine rings is 1. The highest BCUT2D eigenvalue weighted by atomic mass is 19.1. The van der Waals surface area contributed by atoms with E-state index in [1.807, 2.05) is 16.8 Å². The standard InChI is InChI=1S/C25H23FN6O2/c1-2-21(33)31-12-4-6-18(14-31)32-25-22(24(27)28-15-29-25)23(30-32)16-8-10-19(11-9-16)34-20-7-3-5-17(26)13-20/h2-3,5,7-11,13,15,18H,1,4,6,12,14H2,(H2,27,28,29)/t18-/m1/s1. The summed E-state index contributed by atoms with van der Waals surface area (Å²) in [5.41, 5.74) is 8.33. The van der Waals surface area contributed by atoms with Gasteiger partial charge >= 0.3 is 0 Å². The molecule has 34 heavy (non-hydrogen) atoms. The first kappa shape index (κ1) is 21.6. The molecule has 1 amide bonds. The number of benzene rings is 2. The van der Waals surface area contributed by atoms with Gasteiger partial charge in [-0.3, -0.25) is 4.79 Å². The van der Waals surface area contributed by atoms with Crippen molar-refractivity contribution < 1.29 is 13.9 Å². The van der Waals surface area contributed by atoms with Crippen molar-refractivity contribution in [3.63, 3.8) is 0 Å². The Morgan fingerprint density at radius 2 is 2.00 bits per heavy atom. The number of hydrogen-bond donors (Lipinski definition) is 1. The molecule has 0 bridgehead atoms. The highest BCUT2D eigenvalue weighted by molar-refractivity contribution is 5.98. The second-order valence-electron chi connectivity index (χ2n) is 8.12. The van der Waals surface area contributed by atoms with Gasteiger partial charge in [0.25, 0.3) is 0 Å². The summed E-state index contributed by atoms with van der Waals surface area (Å²) in [6.45, 7) is 4.81. The van der Waals surface area contributed by atoms with E-state index in [-0.39, 0.29) is 17.8 Å². The molecule has 1 aliphatic heterocycles. The Labute approximate surface area is 195 Å². The number of amides is 1. The molecule has 0 aliphatic carbocycles. The largest absolute Gasteiger partial charge is 0.457 e. The lowest BCUT2D eigenvalue weighted by atomic mass is 10.1. The van der Waals surface area contributed by atoms with E-state index in [1.165, 1.54) is 24.5 Å². The molecule has 9 heteroatoms. The number of likely N-dealkylation sites (tertiary alicyclic amines) is 1. The number of ether oxygens (including phenoxy) is 1. The van der Waals surface area contributed by atoms with E-state index in [9.17, 15) is 9.18 Å². The number of nitrogen functional groups attached to an aromatic ring is 1. The zero-order valence-electron chi connectivity index (χ0n) is 18.4. The van der Waals surface area contributed by atoms with E-state index in [4.69, 9.17) is 15.6 Å². The van der Waals surface area contributed by atoms with E-state index in [0.29, 0.717) is 47.1 Å². The van der Waals surface area contributed by atoms with Crippen LogP contribution < -0.4 is 10.5 Å². The number of nitrogens with zero attached hydrogens (tertiary/aromatic N) is 5. The molecule has 0 radical (unpaired) electrons. The number of halogens is 1. The zero-order chi connectivity index (χ0) is 23.7. The molecule has 1 aliphatic rings. The van der Waals surface area contributed by atoms with E-state index < -0.39 is 0 Å². The molecule has 2 aromatic carbocycles. The summed E-state index contributed by atoms with van der Waals surface area (Å²) in [6.07, 6.45) is 4.47. The van der Waals surface area contributed by atoms with Gasteiger partial charge < -0.3 is 15.4 Å². The van der Waals surface area contributed by atoms with Crippen molar-refractivity contribution >= 4 is 22.8 Å². The number of carbonyl (C=O) groups excluding carboxylic acids is 1. The Hall–Kier alpha value is -4.27. The van der Waals surface area contributed by atoms with Crippen LogP contribution in [0.3, 0.4) is 0 Å². The van der Waals surface area contributed by atoms with Crippen LogP contribution in [0.15, 0.2) is 67.5 Å². The minimum Gasteiger partial charge on any atom is -0.457 e. The minimum atomic E-state index is -0.363. The summed E-state index contributed by atoms with van der Waals surface area (Å²) in [4.78, 5) is 22.6. The quantitative estimate of drug-likeness (QED) is 0.446. The Morgan fingerprint density at radius 1 is 1.18 bits per heavy atom. The molecule has 0 saturated carbocycles. The average molecular weight is 458 g/mol. The summed E-state index contributed by atoms with van der Waals surface area (Å²) < 4.78 is 21.0. The summed E-state index contributed by atoms with van der Waals surface area (Å²) >= 11 is 0. The normalized spacial score (nSPS) is 15.9. The van der Waals surface area contributed by atoms with Gasteiger partial charge in [0.2, 0.25) is 5.91 Å². The fourth-order valence-corrected chi connectivity index (χ4v) is 4.28. The van der Waals surface area contributed by atoms with Crippen molar-refractivity contribution in [1.29, 1.82) is 0 Å². The third kappa shape index (κ3) is 4.07. The molecule has 0 unspecified atom stereocenters. The maximum atomic E-state index is 13.4. The number of carbonyl (C=O) groups is 1. The van der Waals surface area contributed by atoms with Crippen LogP contribution in [-0.2, 0) is 4.79 Å². The molecule has 1 fully saturated rings. The Kier molecular flexibility index (Phi) is 5.67. The predicted octanol–water partition coefficient (Wildman–Crippen LogP) is 4.36. The smallest absolute Gasteiger partial charge is 0.246 e. The van der Waals surface area contributed by atoms with Crippen LogP contribution in [0.25, 0.3) is 22.3 Å². The van der Waals surface area contributed by atoms with Crippen molar-refractivity contribution in [3.05, 3.63) is 73.3 Å². The van der Waals surface area contributed by atoms with Crippen LogP contribution in [0.5, 0.6) is 11.5 Å². The van der Waals surface area contributed by atoms with Crippen LogP contribution in [-0.4, -0.2) is 43.6 Å². The molecule has 2 N–H and O–H groups in total.